The molecule has 1 aliphatic rings. The molecule has 19 heavy (non-hydrogen) atoms. The molecule has 0 heterocycles. The Kier molecular flexibility index (Phi) is 3.00. The third kappa shape index (κ3) is 1.95. The first-order valence-electron chi connectivity index (χ1n) is 6.47. The second-order valence-electron chi connectivity index (χ2n) is 6.28. The Labute approximate surface area is 114 Å². The Morgan fingerprint density at radius 1 is 1.26 bits per heavy atom. The first-order chi connectivity index (χ1) is 8.73. The van der Waals surface area contributed by atoms with Gasteiger partial charge >= 0.3 is 5.97 Å². The van der Waals surface area contributed by atoms with Gasteiger partial charge in [0.1, 0.15) is 0 Å². The summed E-state index contributed by atoms with van der Waals surface area (Å²) in [7, 11) is 1.38. The number of esters is 1. The standard InChI is InChI=1S/C15H22N2O2/c1-14(2)13(15(14,3)4)17-11-9(12(18)19-5)7-6-8-10(11)16/h6-8,13,17H,16H2,1-5H3. The molecule has 0 aromatic heterocycles. The molecule has 0 unspecified atom stereocenters. The van der Waals surface area contributed by atoms with Crippen LogP contribution in [0.2, 0.25) is 0 Å². The van der Waals surface area contributed by atoms with Gasteiger partial charge in [-0.25, -0.2) is 4.79 Å². The second-order valence-corrected chi connectivity index (χ2v) is 6.28. The van der Waals surface area contributed by atoms with Crippen molar-refractivity contribution in [1.29, 1.82) is 0 Å². The molecule has 0 amide bonds. The normalized spacial score (nSPS) is 19.8. The number of carbonyl (C=O) groups is 1. The zero-order valence-electron chi connectivity index (χ0n) is 12.2. The van der Waals surface area contributed by atoms with Crippen LogP contribution in [-0.2, 0) is 4.74 Å². The summed E-state index contributed by atoms with van der Waals surface area (Å²) in [6.07, 6.45) is 0. The van der Waals surface area contributed by atoms with Gasteiger partial charge in [-0.1, -0.05) is 33.8 Å². The highest BCUT2D eigenvalue weighted by atomic mass is 16.5. The van der Waals surface area contributed by atoms with Gasteiger partial charge in [0.25, 0.3) is 0 Å². The molecule has 1 aliphatic carbocycles. The van der Waals surface area contributed by atoms with Crippen LogP contribution in [0.5, 0.6) is 0 Å². The lowest BCUT2D eigenvalue weighted by Crippen LogP contribution is -2.16. The van der Waals surface area contributed by atoms with Crippen molar-refractivity contribution in [2.45, 2.75) is 33.7 Å². The van der Waals surface area contributed by atoms with Crippen LogP contribution in [0.3, 0.4) is 0 Å². The van der Waals surface area contributed by atoms with Gasteiger partial charge in [0.05, 0.1) is 24.0 Å². The maximum atomic E-state index is 11.8. The monoisotopic (exact) mass is 262 g/mol. The number of nitrogen functional groups attached to an aromatic ring is 1. The molecule has 3 N–H and O–H groups in total. The van der Waals surface area contributed by atoms with E-state index in [9.17, 15) is 4.79 Å². The molecule has 1 aromatic carbocycles. The number of nitrogens with two attached hydrogens (primary N) is 1. The fraction of sp³-hybridized carbons (Fsp3) is 0.533. The maximum absolute atomic E-state index is 11.8. The molecule has 1 fully saturated rings. The van der Waals surface area contributed by atoms with Gasteiger partial charge in [-0.05, 0) is 23.0 Å². The quantitative estimate of drug-likeness (QED) is 0.649. The van der Waals surface area contributed by atoms with Crippen molar-refractivity contribution < 1.29 is 9.53 Å². The zero-order valence-corrected chi connectivity index (χ0v) is 12.2. The zero-order chi connectivity index (χ0) is 14.4. The first kappa shape index (κ1) is 13.7. The molecule has 1 saturated carbocycles. The molecule has 2 rings (SSSR count). The minimum absolute atomic E-state index is 0.169. The molecule has 0 bridgehead atoms. The fourth-order valence-electron chi connectivity index (χ4n) is 2.71. The largest absolute Gasteiger partial charge is 0.465 e. The van der Waals surface area contributed by atoms with Gasteiger partial charge in [0.15, 0.2) is 0 Å². The van der Waals surface area contributed by atoms with Gasteiger partial charge in [-0.15, -0.1) is 0 Å². The molecule has 1 aromatic rings. The van der Waals surface area contributed by atoms with Crippen LogP contribution in [0, 0.1) is 10.8 Å². The average molecular weight is 262 g/mol. The highest BCUT2D eigenvalue weighted by Gasteiger charge is 2.65. The van der Waals surface area contributed by atoms with Crippen LogP contribution < -0.4 is 11.1 Å². The summed E-state index contributed by atoms with van der Waals surface area (Å²) < 4.78 is 4.80. The molecule has 0 spiro atoms. The van der Waals surface area contributed by atoms with Crippen LogP contribution in [0.4, 0.5) is 11.4 Å². The summed E-state index contributed by atoms with van der Waals surface area (Å²) >= 11 is 0. The lowest BCUT2D eigenvalue weighted by Gasteiger charge is -2.14. The van der Waals surface area contributed by atoms with E-state index in [0.717, 1.165) is 0 Å². The Morgan fingerprint density at radius 3 is 2.32 bits per heavy atom. The van der Waals surface area contributed by atoms with Crippen molar-refractivity contribution in [3.8, 4) is 0 Å². The minimum Gasteiger partial charge on any atom is -0.465 e. The summed E-state index contributed by atoms with van der Waals surface area (Å²) in [6, 6.07) is 5.56. The predicted octanol–water partition coefficient (Wildman–Crippen LogP) is 2.90. The Bertz CT molecular complexity index is 507. The summed E-state index contributed by atoms with van der Waals surface area (Å²) in [6.45, 7) is 8.84. The third-order valence-corrected chi connectivity index (χ3v) is 4.81. The van der Waals surface area contributed by atoms with Crippen molar-refractivity contribution in [3.63, 3.8) is 0 Å². The van der Waals surface area contributed by atoms with E-state index in [1.807, 2.05) is 0 Å². The third-order valence-electron chi connectivity index (χ3n) is 4.81. The minimum atomic E-state index is -0.369. The molecular formula is C15H22N2O2. The molecule has 4 nitrogen and oxygen atoms in total. The predicted molar refractivity (Wildman–Crippen MR) is 77.2 cm³/mol. The smallest absolute Gasteiger partial charge is 0.340 e. The number of carbonyl (C=O) groups excluding carboxylic acids is 1. The van der Waals surface area contributed by atoms with Gasteiger partial charge < -0.3 is 15.8 Å². The van der Waals surface area contributed by atoms with Crippen LogP contribution in [0.1, 0.15) is 38.1 Å². The first-order valence-corrected chi connectivity index (χ1v) is 6.47. The number of hydrogen-bond donors (Lipinski definition) is 2. The van der Waals surface area contributed by atoms with E-state index < -0.39 is 0 Å². The summed E-state index contributed by atoms with van der Waals surface area (Å²) in [5.74, 6) is -0.369. The summed E-state index contributed by atoms with van der Waals surface area (Å²) in [5, 5.41) is 3.42. The van der Waals surface area contributed by atoms with Crippen molar-refractivity contribution in [2.75, 3.05) is 18.2 Å². The number of benzene rings is 1. The van der Waals surface area contributed by atoms with Crippen LogP contribution in [-0.4, -0.2) is 19.1 Å². The van der Waals surface area contributed by atoms with Crippen LogP contribution in [0.15, 0.2) is 18.2 Å². The van der Waals surface area contributed by atoms with Crippen LogP contribution >= 0.6 is 0 Å². The maximum Gasteiger partial charge on any atom is 0.340 e. The highest BCUT2D eigenvalue weighted by Crippen LogP contribution is 2.64. The van der Waals surface area contributed by atoms with E-state index in [-0.39, 0.29) is 22.8 Å². The number of rotatable bonds is 3. The van der Waals surface area contributed by atoms with Crippen molar-refractivity contribution in [2.24, 2.45) is 10.8 Å². The average Bonchev–Trinajstić information content (AvgIpc) is 2.72. The number of nitrogens with one attached hydrogen (secondary N) is 1. The van der Waals surface area contributed by atoms with Gasteiger partial charge in [-0.3, -0.25) is 0 Å². The van der Waals surface area contributed by atoms with Gasteiger partial charge in [-0.2, -0.15) is 0 Å². The Hall–Kier alpha value is -1.71. The molecule has 0 radical (unpaired) electrons. The van der Waals surface area contributed by atoms with E-state index in [2.05, 4.69) is 33.0 Å². The second kappa shape index (κ2) is 4.15. The fourth-order valence-corrected chi connectivity index (χ4v) is 2.71. The number of hydrogen-bond acceptors (Lipinski definition) is 4. The summed E-state index contributed by atoms with van der Waals surface area (Å²) in [4.78, 5) is 11.8. The number of ether oxygens (including phenoxy) is 1. The van der Waals surface area contributed by atoms with E-state index in [4.69, 9.17) is 10.5 Å². The number of anilines is 2. The molecule has 0 atom stereocenters. The molecule has 0 saturated heterocycles. The molecule has 0 aliphatic heterocycles. The number of para-hydroxylation sites is 1. The Morgan fingerprint density at radius 2 is 1.84 bits per heavy atom. The van der Waals surface area contributed by atoms with E-state index >= 15 is 0 Å². The molecule has 104 valence electrons. The van der Waals surface area contributed by atoms with Crippen molar-refractivity contribution in [3.05, 3.63) is 23.8 Å². The van der Waals surface area contributed by atoms with E-state index in [1.54, 1.807) is 18.2 Å². The SMILES string of the molecule is COC(=O)c1cccc(N)c1NC1C(C)(C)C1(C)C. The Balaban J connectivity index is 2.34. The van der Waals surface area contributed by atoms with Gasteiger partial charge in [0, 0.05) is 6.04 Å². The van der Waals surface area contributed by atoms with Gasteiger partial charge in [0.2, 0.25) is 0 Å². The van der Waals surface area contributed by atoms with Crippen molar-refractivity contribution in [1.82, 2.24) is 0 Å². The highest BCUT2D eigenvalue weighted by molar-refractivity contribution is 5.99. The summed E-state index contributed by atoms with van der Waals surface area (Å²) in [5.41, 5.74) is 8.07. The molecule has 4 heteroatoms. The van der Waals surface area contributed by atoms with E-state index in [1.165, 1.54) is 7.11 Å². The molecular weight excluding hydrogens is 240 g/mol. The van der Waals surface area contributed by atoms with E-state index in [0.29, 0.717) is 16.9 Å². The number of methoxy groups -OCH3 is 1. The van der Waals surface area contributed by atoms with Crippen LogP contribution in [0.25, 0.3) is 0 Å². The lowest BCUT2D eigenvalue weighted by atomic mass is 10.0. The van der Waals surface area contributed by atoms with Crippen molar-refractivity contribution >= 4 is 17.3 Å². The topological polar surface area (TPSA) is 64.3 Å². The lowest BCUT2D eigenvalue weighted by molar-refractivity contribution is 0.0602.